The van der Waals surface area contributed by atoms with E-state index in [4.69, 9.17) is 12.2 Å². The number of fused-ring (bicyclic) bond motifs is 1. The molecule has 0 atom stereocenters. The van der Waals surface area contributed by atoms with Gasteiger partial charge in [-0.1, -0.05) is 42.0 Å². The number of aryl methyl sites for hydroxylation is 1. The fraction of sp³-hybridized carbons (Fsp3) is 0.167. The van der Waals surface area contributed by atoms with Crippen molar-refractivity contribution in [2.75, 3.05) is 12.0 Å². The van der Waals surface area contributed by atoms with E-state index in [1.54, 1.807) is 6.07 Å². The summed E-state index contributed by atoms with van der Waals surface area (Å²) >= 11 is 5.24. The van der Waals surface area contributed by atoms with Crippen LogP contribution >= 0.6 is 12.2 Å². The Morgan fingerprint density at radius 3 is 2.58 bits per heavy atom. The van der Waals surface area contributed by atoms with Crippen LogP contribution in [-0.4, -0.2) is 21.3 Å². The molecule has 5 nitrogen and oxygen atoms in total. The van der Waals surface area contributed by atoms with E-state index in [9.17, 15) is 4.79 Å². The third-order valence-electron chi connectivity index (χ3n) is 3.64. The van der Waals surface area contributed by atoms with Crippen molar-refractivity contribution in [3.05, 3.63) is 64.4 Å². The standard InChI is InChI=1S/C18H18N4OS/c1-3-19-18(24)21-22-16(13-10-8-12(2)9-11-13)20-15-7-5-4-6-14(15)17(22)23/h4-11H,3H2,1-2H3,(H2,19,21,24). The van der Waals surface area contributed by atoms with E-state index in [-0.39, 0.29) is 5.56 Å². The topological polar surface area (TPSA) is 58.9 Å². The van der Waals surface area contributed by atoms with Crippen molar-refractivity contribution in [2.45, 2.75) is 13.8 Å². The van der Waals surface area contributed by atoms with Crippen LogP contribution in [0.1, 0.15) is 12.5 Å². The zero-order chi connectivity index (χ0) is 17.1. The summed E-state index contributed by atoms with van der Waals surface area (Å²) in [5.41, 5.74) is 5.41. The van der Waals surface area contributed by atoms with E-state index in [1.165, 1.54) is 4.68 Å². The maximum atomic E-state index is 12.9. The van der Waals surface area contributed by atoms with E-state index < -0.39 is 0 Å². The molecule has 6 heteroatoms. The Hall–Kier alpha value is -2.73. The van der Waals surface area contributed by atoms with Gasteiger partial charge in [-0.05, 0) is 38.2 Å². The summed E-state index contributed by atoms with van der Waals surface area (Å²) < 4.78 is 1.40. The molecule has 0 aliphatic carbocycles. The molecule has 2 N–H and O–H groups in total. The molecule has 1 aromatic heterocycles. The molecule has 2 aromatic carbocycles. The quantitative estimate of drug-likeness (QED) is 0.719. The molecule has 0 fully saturated rings. The minimum atomic E-state index is -0.184. The lowest BCUT2D eigenvalue weighted by Gasteiger charge is -2.16. The van der Waals surface area contributed by atoms with Gasteiger partial charge in [-0.25, -0.2) is 4.98 Å². The third-order valence-corrected chi connectivity index (χ3v) is 3.87. The van der Waals surface area contributed by atoms with Gasteiger partial charge in [0.2, 0.25) is 0 Å². The summed E-state index contributed by atoms with van der Waals surface area (Å²) in [5, 5.41) is 3.91. The first-order valence-electron chi connectivity index (χ1n) is 7.74. The molecule has 0 saturated heterocycles. The first-order valence-corrected chi connectivity index (χ1v) is 8.14. The predicted octanol–water partition coefficient (Wildman–Crippen LogP) is 2.81. The van der Waals surface area contributed by atoms with Crippen LogP contribution in [0.3, 0.4) is 0 Å². The monoisotopic (exact) mass is 338 g/mol. The van der Waals surface area contributed by atoms with Gasteiger partial charge in [0.05, 0.1) is 10.9 Å². The fourth-order valence-corrected chi connectivity index (χ4v) is 2.67. The van der Waals surface area contributed by atoms with Gasteiger partial charge in [0, 0.05) is 12.1 Å². The Morgan fingerprint density at radius 2 is 1.88 bits per heavy atom. The van der Waals surface area contributed by atoms with Crippen molar-refractivity contribution < 1.29 is 0 Å². The minimum Gasteiger partial charge on any atom is -0.362 e. The Morgan fingerprint density at radius 1 is 1.17 bits per heavy atom. The maximum Gasteiger partial charge on any atom is 0.280 e. The van der Waals surface area contributed by atoms with Gasteiger partial charge in [0.1, 0.15) is 0 Å². The number of nitrogens with one attached hydrogen (secondary N) is 2. The summed E-state index contributed by atoms with van der Waals surface area (Å²) in [7, 11) is 0. The molecular weight excluding hydrogens is 320 g/mol. The molecule has 3 rings (SSSR count). The second-order valence-corrected chi connectivity index (χ2v) is 5.84. The van der Waals surface area contributed by atoms with Crippen molar-refractivity contribution in [1.82, 2.24) is 15.0 Å². The van der Waals surface area contributed by atoms with Crippen molar-refractivity contribution in [2.24, 2.45) is 0 Å². The number of nitrogens with zero attached hydrogens (tertiary/aromatic N) is 2. The number of rotatable bonds is 3. The molecule has 3 aromatic rings. The minimum absolute atomic E-state index is 0.184. The van der Waals surface area contributed by atoms with Crippen LogP contribution in [0.4, 0.5) is 0 Å². The predicted molar refractivity (Wildman–Crippen MR) is 102 cm³/mol. The lowest BCUT2D eigenvalue weighted by Crippen LogP contribution is -2.40. The largest absolute Gasteiger partial charge is 0.362 e. The van der Waals surface area contributed by atoms with Crippen LogP contribution in [0.5, 0.6) is 0 Å². The molecule has 1 heterocycles. The highest BCUT2D eigenvalue weighted by molar-refractivity contribution is 7.80. The normalized spacial score (nSPS) is 10.6. The molecule has 0 saturated carbocycles. The van der Waals surface area contributed by atoms with Gasteiger partial charge < -0.3 is 5.32 Å². The lowest BCUT2D eigenvalue weighted by atomic mass is 10.1. The SMILES string of the molecule is CCNC(=S)Nn1c(-c2ccc(C)cc2)nc2ccccc2c1=O. The second-order valence-electron chi connectivity index (χ2n) is 5.43. The molecule has 0 aliphatic heterocycles. The molecule has 0 spiro atoms. The van der Waals surface area contributed by atoms with Crippen LogP contribution < -0.4 is 16.3 Å². The lowest BCUT2D eigenvalue weighted by molar-refractivity contribution is 0.877. The van der Waals surface area contributed by atoms with E-state index >= 15 is 0 Å². The summed E-state index contributed by atoms with van der Waals surface area (Å²) in [4.78, 5) is 17.6. The Balaban J connectivity index is 2.23. The number of hydrogen-bond donors (Lipinski definition) is 2. The highest BCUT2D eigenvalue weighted by atomic mass is 32.1. The molecule has 0 amide bonds. The van der Waals surface area contributed by atoms with E-state index in [2.05, 4.69) is 15.7 Å². The summed E-state index contributed by atoms with van der Waals surface area (Å²) in [5.74, 6) is 0.527. The zero-order valence-corrected chi connectivity index (χ0v) is 14.4. The van der Waals surface area contributed by atoms with Crippen molar-refractivity contribution >= 4 is 28.2 Å². The Kier molecular flexibility index (Phi) is 4.57. The third kappa shape index (κ3) is 3.14. The molecule has 24 heavy (non-hydrogen) atoms. The van der Waals surface area contributed by atoms with Crippen molar-refractivity contribution in [3.63, 3.8) is 0 Å². The average molecular weight is 338 g/mol. The van der Waals surface area contributed by atoms with Crippen LogP contribution in [0.25, 0.3) is 22.3 Å². The van der Waals surface area contributed by atoms with E-state index in [1.807, 2.05) is 56.3 Å². The Bertz CT molecular complexity index is 947. The van der Waals surface area contributed by atoms with Crippen molar-refractivity contribution in [3.8, 4) is 11.4 Å². The van der Waals surface area contributed by atoms with E-state index in [0.29, 0.717) is 28.4 Å². The number of hydrogen-bond acceptors (Lipinski definition) is 3. The van der Waals surface area contributed by atoms with Crippen molar-refractivity contribution in [1.29, 1.82) is 0 Å². The van der Waals surface area contributed by atoms with Gasteiger partial charge in [0.25, 0.3) is 5.56 Å². The van der Waals surface area contributed by atoms with Gasteiger partial charge in [0.15, 0.2) is 10.9 Å². The van der Waals surface area contributed by atoms with Crippen LogP contribution in [-0.2, 0) is 0 Å². The fourth-order valence-electron chi connectivity index (χ4n) is 2.43. The van der Waals surface area contributed by atoms with Crippen LogP contribution in [0.15, 0.2) is 53.3 Å². The molecule has 122 valence electrons. The summed E-state index contributed by atoms with van der Waals surface area (Å²) in [6.45, 7) is 4.63. The molecule has 0 aliphatic rings. The molecule has 0 unspecified atom stereocenters. The zero-order valence-electron chi connectivity index (χ0n) is 13.5. The molecule has 0 bridgehead atoms. The number of thiocarbonyl (C=S) groups is 1. The van der Waals surface area contributed by atoms with Crippen LogP contribution in [0, 0.1) is 6.92 Å². The number of benzene rings is 2. The molecular formula is C18H18N4OS. The van der Waals surface area contributed by atoms with Gasteiger partial charge in [-0.15, -0.1) is 0 Å². The summed E-state index contributed by atoms with van der Waals surface area (Å²) in [6.07, 6.45) is 0. The number of para-hydroxylation sites is 1. The van der Waals surface area contributed by atoms with Crippen LogP contribution in [0.2, 0.25) is 0 Å². The first-order chi connectivity index (χ1) is 11.6. The second kappa shape index (κ2) is 6.80. The van der Waals surface area contributed by atoms with Gasteiger partial charge in [-0.2, -0.15) is 4.68 Å². The average Bonchev–Trinajstić information content (AvgIpc) is 2.58. The Labute approximate surface area is 145 Å². The van der Waals surface area contributed by atoms with E-state index in [0.717, 1.165) is 11.1 Å². The summed E-state index contributed by atoms with van der Waals surface area (Å²) in [6, 6.07) is 15.2. The molecule has 0 radical (unpaired) electrons. The highest BCUT2D eigenvalue weighted by Gasteiger charge is 2.13. The number of aromatic nitrogens is 2. The highest BCUT2D eigenvalue weighted by Crippen LogP contribution is 2.18. The first kappa shape index (κ1) is 16.1. The smallest absolute Gasteiger partial charge is 0.280 e. The maximum absolute atomic E-state index is 12.9. The van der Waals surface area contributed by atoms with Gasteiger partial charge >= 0.3 is 0 Å². The van der Waals surface area contributed by atoms with Gasteiger partial charge in [-0.3, -0.25) is 10.2 Å².